The Hall–Kier alpha value is -1.39. The predicted octanol–water partition coefficient (Wildman–Crippen LogP) is 3.13. The highest BCUT2D eigenvalue weighted by Gasteiger charge is 2.45. The molecule has 4 rings (SSSR count). The van der Waals surface area contributed by atoms with E-state index in [1.165, 1.54) is 31.2 Å². The van der Waals surface area contributed by atoms with E-state index in [1.54, 1.807) is 0 Å². The fraction of sp³-hybridized carbons (Fsp3) is 0.696. The first kappa shape index (κ1) is 18.9. The number of hydrogen-bond donors (Lipinski definition) is 0. The lowest BCUT2D eigenvalue weighted by Gasteiger charge is -2.50. The van der Waals surface area contributed by atoms with Crippen molar-refractivity contribution in [3.63, 3.8) is 0 Å². The van der Waals surface area contributed by atoms with Gasteiger partial charge in [0.2, 0.25) is 5.91 Å². The van der Waals surface area contributed by atoms with E-state index in [9.17, 15) is 4.79 Å². The molecule has 1 aliphatic carbocycles. The molecule has 1 aromatic carbocycles. The normalized spacial score (nSPS) is 30.0. The molecule has 0 radical (unpaired) electrons. The van der Waals surface area contributed by atoms with E-state index in [2.05, 4.69) is 59.0 Å². The Labute approximate surface area is 164 Å². The number of likely N-dealkylation sites (N-methyl/N-ethyl adjacent to an activating group) is 1. The monoisotopic (exact) mass is 369 g/mol. The smallest absolute Gasteiger partial charge is 0.222 e. The van der Waals surface area contributed by atoms with Gasteiger partial charge < -0.3 is 9.80 Å². The average Bonchev–Trinajstić information content (AvgIpc) is 3.16. The third kappa shape index (κ3) is 3.79. The summed E-state index contributed by atoms with van der Waals surface area (Å²) in [7, 11) is 2.22. The Morgan fingerprint density at radius 3 is 2.30 bits per heavy atom. The Balaban J connectivity index is 1.53. The van der Waals surface area contributed by atoms with Crippen molar-refractivity contribution in [2.24, 2.45) is 0 Å². The zero-order chi connectivity index (χ0) is 18.9. The second-order valence-corrected chi connectivity index (χ2v) is 9.40. The molecule has 2 aliphatic heterocycles. The van der Waals surface area contributed by atoms with Crippen LogP contribution in [0.15, 0.2) is 30.3 Å². The van der Waals surface area contributed by atoms with Crippen LogP contribution in [0.25, 0.3) is 0 Å². The summed E-state index contributed by atoms with van der Waals surface area (Å²) >= 11 is 0. The van der Waals surface area contributed by atoms with Gasteiger partial charge in [-0.1, -0.05) is 50.1 Å². The summed E-state index contributed by atoms with van der Waals surface area (Å²) in [5, 5.41) is 0. The first-order valence-corrected chi connectivity index (χ1v) is 10.8. The minimum Gasteiger partial charge on any atom is -0.340 e. The van der Waals surface area contributed by atoms with E-state index in [0.29, 0.717) is 12.3 Å². The van der Waals surface area contributed by atoms with Crippen LogP contribution in [0.1, 0.15) is 51.0 Å². The van der Waals surface area contributed by atoms with Gasteiger partial charge in [-0.2, -0.15) is 0 Å². The van der Waals surface area contributed by atoms with Crippen molar-refractivity contribution in [1.82, 2.24) is 14.7 Å². The van der Waals surface area contributed by atoms with Crippen LogP contribution in [0.2, 0.25) is 0 Å². The summed E-state index contributed by atoms with van der Waals surface area (Å²) in [6.07, 6.45) is 6.78. The number of amides is 1. The molecule has 2 heterocycles. The number of piperazine rings is 1. The van der Waals surface area contributed by atoms with Gasteiger partial charge in [0, 0.05) is 56.6 Å². The predicted molar refractivity (Wildman–Crippen MR) is 110 cm³/mol. The largest absolute Gasteiger partial charge is 0.340 e. The molecule has 0 N–H and O–H groups in total. The summed E-state index contributed by atoms with van der Waals surface area (Å²) in [4.78, 5) is 20.3. The van der Waals surface area contributed by atoms with Crippen LogP contribution in [0.5, 0.6) is 0 Å². The highest BCUT2D eigenvalue weighted by Crippen LogP contribution is 2.40. The van der Waals surface area contributed by atoms with Crippen molar-refractivity contribution in [3.8, 4) is 0 Å². The van der Waals surface area contributed by atoms with E-state index in [1.807, 2.05) is 0 Å². The average molecular weight is 370 g/mol. The highest BCUT2D eigenvalue weighted by atomic mass is 16.2. The van der Waals surface area contributed by atoms with Crippen molar-refractivity contribution >= 4 is 5.91 Å². The number of likely N-dealkylation sites (tertiary alicyclic amines) is 1. The fourth-order valence-corrected chi connectivity index (χ4v) is 5.59. The third-order valence-electron chi connectivity index (χ3n) is 7.45. The molecule has 4 heteroatoms. The maximum Gasteiger partial charge on any atom is 0.222 e. The van der Waals surface area contributed by atoms with Crippen molar-refractivity contribution < 1.29 is 4.79 Å². The van der Waals surface area contributed by atoms with E-state index in [-0.39, 0.29) is 11.0 Å². The first-order chi connectivity index (χ1) is 13.0. The van der Waals surface area contributed by atoms with E-state index < -0.39 is 0 Å². The van der Waals surface area contributed by atoms with Crippen molar-refractivity contribution in [3.05, 3.63) is 35.9 Å². The van der Waals surface area contributed by atoms with Crippen LogP contribution in [0, 0.1) is 0 Å². The molecule has 1 aromatic rings. The maximum absolute atomic E-state index is 12.9. The Kier molecular flexibility index (Phi) is 5.30. The number of hydrogen-bond acceptors (Lipinski definition) is 3. The molecule has 1 amide bonds. The molecule has 0 unspecified atom stereocenters. The maximum atomic E-state index is 12.9. The Bertz CT molecular complexity index is 647. The minimum absolute atomic E-state index is 0.0804. The molecule has 4 nitrogen and oxygen atoms in total. The topological polar surface area (TPSA) is 26.8 Å². The number of rotatable bonds is 4. The number of piperidine rings is 1. The number of carbonyl (C=O) groups is 1. The van der Waals surface area contributed by atoms with Crippen LogP contribution < -0.4 is 0 Å². The summed E-state index contributed by atoms with van der Waals surface area (Å²) in [5.74, 6) is 0.365. The number of carbonyl (C=O) groups excluding carboxylic acids is 1. The van der Waals surface area contributed by atoms with Gasteiger partial charge >= 0.3 is 0 Å². The second-order valence-electron chi connectivity index (χ2n) is 9.40. The second kappa shape index (κ2) is 7.56. The number of benzene rings is 1. The Morgan fingerprint density at radius 1 is 0.963 bits per heavy atom. The minimum atomic E-state index is 0.0804. The standard InChI is InChI=1S/C23H35N3O/c1-22(20-8-4-3-5-9-20)13-10-21(27)25(18-22)19-23(11-6-7-12-23)26-16-14-24(2)15-17-26/h3-5,8-9H,6-7,10-19H2,1-2H3/t22-/m0/s1. The molecular weight excluding hydrogens is 334 g/mol. The van der Waals surface area contributed by atoms with Crippen molar-refractivity contribution in [1.29, 1.82) is 0 Å². The fourth-order valence-electron chi connectivity index (χ4n) is 5.59. The third-order valence-corrected chi connectivity index (χ3v) is 7.45. The number of nitrogens with zero attached hydrogens (tertiary/aromatic N) is 3. The molecule has 27 heavy (non-hydrogen) atoms. The molecule has 3 fully saturated rings. The van der Waals surface area contributed by atoms with Crippen LogP contribution in [-0.4, -0.2) is 72.5 Å². The summed E-state index contributed by atoms with van der Waals surface area (Å²) in [6.45, 7) is 8.74. The first-order valence-electron chi connectivity index (χ1n) is 10.8. The summed E-state index contributed by atoms with van der Waals surface area (Å²) in [5.41, 5.74) is 1.67. The van der Waals surface area contributed by atoms with Gasteiger partial charge in [-0.25, -0.2) is 0 Å². The van der Waals surface area contributed by atoms with Gasteiger partial charge in [0.1, 0.15) is 0 Å². The van der Waals surface area contributed by atoms with E-state index >= 15 is 0 Å². The molecular formula is C23H35N3O. The van der Waals surface area contributed by atoms with Crippen molar-refractivity contribution in [2.45, 2.75) is 56.4 Å². The summed E-state index contributed by atoms with van der Waals surface area (Å²) in [6, 6.07) is 10.8. The van der Waals surface area contributed by atoms with Crippen molar-refractivity contribution in [2.75, 3.05) is 46.3 Å². The van der Waals surface area contributed by atoms with E-state index in [0.717, 1.165) is 45.7 Å². The van der Waals surface area contributed by atoms with Gasteiger partial charge in [-0.15, -0.1) is 0 Å². The molecule has 0 aromatic heterocycles. The molecule has 0 bridgehead atoms. The Morgan fingerprint density at radius 2 is 1.63 bits per heavy atom. The lowest BCUT2D eigenvalue weighted by molar-refractivity contribution is -0.138. The zero-order valence-corrected chi connectivity index (χ0v) is 17.1. The lowest BCUT2D eigenvalue weighted by Crippen LogP contribution is -2.62. The molecule has 3 aliphatic rings. The van der Waals surface area contributed by atoms with Gasteiger partial charge in [0.05, 0.1) is 0 Å². The molecule has 0 spiro atoms. The van der Waals surface area contributed by atoms with Gasteiger partial charge in [0.15, 0.2) is 0 Å². The van der Waals surface area contributed by atoms with Crippen LogP contribution in [0.4, 0.5) is 0 Å². The molecule has 1 atom stereocenters. The SMILES string of the molecule is CN1CCN(C2(CN3C[C@@](C)(c4ccccc4)CCC3=O)CCCC2)CC1. The lowest BCUT2D eigenvalue weighted by atomic mass is 9.75. The highest BCUT2D eigenvalue weighted by molar-refractivity contribution is 5.77. The molecule has 2 saturated heterocycles. The van der Waals surface area contributed by atoms with Gasteiger partial charge in [-0.3, -0.25) is 9.69 Å². The van der Waals surface area contributed by atoms with Crippen LogP contribution in [0.3, 0.4) is 0 Å². The molecule has 148 valence electrons. The molecule has 1 saturated carbocycles. The quantitative estimate of drug-likeness (QED) is 0.816. The van der Waals surface area contributed by atoms with E-state index in [4.69, 9.17) is 0 Å². The van der Waals surface area contributed by atoms with Crippen LogP contribution >= 0.6 is 0 Å². The van der Waals surface area contributed by atoms with Crippen LogP contribution in [-0.2, 0) is 10.2 Å². The summed E-state index contributed by atoms with van der Waals surface area (Å²) < 4.78 is 0. The zero-order valence-electron chi connectivity index (χ0n) is 17.1. The van der Waals surface area contributed by atoms with Gasteiger partial charge in [-0.05, 0) is 31.9 Å². The van der Waals surface area contributed by atoms with Gasteiger partial charge in [0.25, 0.3) is 0 Å².